The van der Waals surface area contributed by atoms with Crippen LogP contribution in [-0.2, 0) is 4.79 Å². The molecule has 7 heteroatoms. The molecule has 0 unspecified atom stereocenters. The van der Waals surface area contributed by atoms with E-state index in [0.29, 0.717) is 18.7 Å². The van der Waals surface area contributed by atoms with E-state index in [1.165, 1.54) is 19.3 Å². The molecule has 0 aromatic heterocycles. The number of hydrogen-bond acceptors (Lipinski definition) is 4. The lowest BCUT2D eigenvalue weighted by atomic mass is 9.99. The van der Waals surface area contributed by atoms with Gasteiger partial charge >= 0.3 is 12.0 Å². The van der Waals surface area contributed by atoms with Gasteiger partial charge in [0.2, 0.25) is 0 Å². The van der Waals surface area contributed by atoms with Crippen LogP contribution in [0.4, 0.5) is 10.5 Å². The number of nitrogens with one attached hydrogen (secondary N) is 2. The second kappa shape index (κ2) is 10.2. The highest BCUT2D eigenvalue weighted by atomic mass is 16.5. The van der Waals surface area contributed by atoms with Gasteiger partial charge in [-0.15, -0.1) is 0 Å². The largest absolute Gasteiger partial charge is 0.492 e. The van der Waals surface area contributed by atoms with Crippen molar-refractivity contribution in [3.63, 3.8) is 0 Å². The number of carbonyl (C=O) groups excluding carboxylic acids is 1. The first-order valence-electron chi connectivity index (χ1n) is 9.60. The van der Waals surface area contributed by atoms with Crippen LogP contribution in [0.3, 0.4) is 0 Å². The van der Waals surface area contributed by atoms with Crippen LogP contribution < -0.4 is 15.4 Å². The molecule has 3 N–H and O–H groups in total. The zero-order valence-corrected chi connectivity index (χ0v) is 16.3. The van der Waals surface area contributed by atoms with Crippen LogP contribution in [0.1, 0.15) is 46.0 Å². The van der Waals surface area contributed by atoms with Crippen LogP contribution in [0, 0.1) is 0 Å². The smallest absolute Gasteiger partial charge is 0.319 e. The van der Waals surface area contributed by atoms with Crippen LogP contribution in [0.25, 0.3) is 0 Å². The summed E-state index contributed by atoms with van der Waals surface area (Å²) in [5, 5.41) is 14.3. The Hall–Kier alpha value is -2.28. The summed E-state index contributed by atoms with van der Waals surface area (Å²) in [6, 6.07) is 6.90. The fourth-order valence-electron chi connectivity index (χ4n) is 3.06. The molecular weight excluding hydrogens is 346 g/mol. The molecule has 0 aliphatic carbocycles. The Morgan fingerprint density at radius 1 is 1.15 bits per heavy atom. The number of nitrogens with zero attached hydrogens (tertiary/aromatic N) is 1. The second-order valence-corrected chi connectivity index (χ2v) is 7.63. The molecule has 1 heterocycles. The van der Waals surface area contributed by atoms with E-state index in [0.717, 1.165) is 25.4 Å². The molecule has 7 nitrogen and oxygen atoms in total. The van der Waals surface area contributed by atoms with Crippen molar-refractivity contribution in [3.8, 4) is 5.75 Å². The number of carboxylic acids is 1. The van der Waals surface area contributed by atoms with Crippen molar-refractivity contribution in [3.05, 3.63) is 24.3 Å². The lowest BCUT2D eigenvalue weighted by Crippen LogP contribution is -2.45. The highest BCUT2D eigenvalue weighted by molar-refractivity contribution is 5.89. The normalized spacial score (nSPS) is 15.2. The average Bonchev–Trinajstić information content (AvgIpc) is 2.62. The summed E-state index contributed by atoms with van der Waals surface area (Å²) in [6.07, 6.45) is 4.25. The molecule has 0 radical (unpaired) electrons. The number of piperidine rings is 1. The standard InChI is InChI=1S/C20H31N3O4/c1-20(2,11-10-18(24)25)22-19(26)21-16-6-8-17(9-7-16)27-15-14-23-12-4-3-5-13-23/h6-9H,3-5,10-15H2,1-2H3,(H,24,25)(H2,21,22,26). The average molecular weight is 377 g/mol. The van der Waals surface area contributed by atoms with Crippen LogP contribution in [0.2, 0.25) is 0 Å². The predicted molar refractivity (Wildman–Crippen MR) is 105 cm³/mol. The molecule has 0 atom stereocenters. The summed E-state index contributed by atoms with van der Waals surface area (Å²) in [4.78, 5) is 25.2. The fourth-order valence-corrected chi connectivity index (χ4v) is 3.06. The maximum absolute atomic E-state index is 12.1. The van der Waals surface area contributed by atoms with Crippen LogP contribution in [-0.4, -0.2) is 53.8 Å². The molecule has 0 spiro atoms. The summed E-state index contributed by atoms with van der Waals surface area (Å²) in [5.41, 5.74) is 0.0601. The van der Waals surface area contributed by atoms with E-state index < -0.39 is 11.5 Å². The number of anilines is 1. The molecule has 150 valence electrons. The lowest BCUT2D eigenvalue weighted by Gasteiger charge is -2.26. The topological polar surface area (TPSA) is 90.9 Å². The molecule has 1 saturated heterocycles. The number of carboxylic acid groups (broad SMARTS) is 1. The van der Waals surface area contributed by atoms with Crippen molar-refractivity contribution in [2.75, 3.05) is 31.6 Å². The minimum absolute atomic E-state index is 0.0107. The zero-order chi connectivity index (χ0) is 19.7. The van der Waals surface area contributed by atoms with Crippen LogP contribution in [0.15, 0.2) is 24.3 Å². The SMILES string of the molecule is CC(C)(CCC(=O)O)NC(=O)Nc1ccc(OCCN2CCCCC2)cc1. The highest BCUT2D eigenvalue weighted by Gasteiger charge is 2.21. The third kappa shape index (κ3) is 8.30. The number of hydrogen-bond donors (Lipinski definition) is 3. The highest BCUT2D eigenvalue weighted by Crippen LogP contribution is 2.17. The Balaban J connectivity index is 1.72. The van der Waals surface area contributed by atoms with Gasteiger partial charge in [-0.3, -0.25) is 9.69 Å². The first-order valence-corrected chi connectivity index (χ1v) is 9.60. The van der Waals surface area contributed by atoms with Crippen molar-refractivity contribution in [2.24, 2.45) is 0 Å². The maximum atomic E-state index is 12.1. The molecule has 1 aromatic carbocycles. The third-order valence-corrected chi connectivity index (χ3v) is 4.65. The minimum atomic E-state index is -0.874. The zero-order valence-electron chi connectivity index (χ0n) is 16.3. The van der Waals surface area contributed by atoms with Gasteiger partial charge in [0.1, 0.15) is 12.4 Å². The number of rotatable bonds is 9. The van der Waals surface area contributed by atoms with E-state index in [1.54, 1.807) is 26.0 Å². The molecule has 1 aromatic rings. The Morgan fingerprint density at radius 3 is 2.44 bits per heavy atom. The molecule has 1 fully saturated rings. The number of benzene rings is 1. The molecule has 1 aliphatic heterocycles. The van der Waals surface area contributed by atoms with Crippen molar-refractivity contribution >= 4 is 17.7 Å². The van der Waals surface area contributed by atoms with Crippen LogP contribution >= 0.6 is 0 Å². The van der Waals surface area contributed by atoms with Crippen molar-refractivity contribution in [1.29, 1.82) is 0 Å². The van der Waals surface area contributed by atoms with Crippen LogP contribution in [0.5, 0.6) is 5.75 Å². The number of aliphatic carboxylic acids is 1. The molecule has 2 rings (SSSR count). The summed E-state index contributed by atoms with van der Waals surface area (Å²) in [6.45, 7) is 7.51. The van der Waals surface area contributed by atoms with Gasteiger partial charge in [-0.2, -0.15) is 0 Å². The van der Waals surface area contributed by atoms with E-state index >= 15 is 0 Å². The Kier molecular flexibility index (Phi) is 7.91. The van der Waals surface area contributed by atoms with E-state index in [-0.39, 0.29) is 12.5 Å². The molecule has 0 saturated carbocycles. The summed E-state index contributed by atoms with van der Waals surface area (Å²) in [5.74, 6) is -0.0964. The summed E-state index contributed by atoms with van der Waals surface area (Å²) in [7, 11) is 0. The quantitative estimate of drug-likeness (QED) is 0.614. The fraction of sp³-hybridized carbons (Fsp3) is 0.600. The van der Waals surface area contributed by atoms with Gasteiger partial charge in [-0.25, -0.2) is 4.79 Å². The van der Waals surface area contributed by atoms with E-state index in [1.807, 2.05) is 12.1 Å². The maximum Gasteiger partial charge on any atom is 0.319 e. The first-order chi connectivity index (χ1) is 12.8. The van der Waals surface area contributed by atoms with Gasteiger partial charge in [0.15, 0.2) is 0 Å². The lowest BCUT2D eigenvalue weighted by molar-refractivity contribution is -0.137. The molecule has 1 aliphatic rings. The third-order valence-electron chi connectivity index (χ3n) is 4.65. The molecule has 0 bridgehead atoms. The Morgan fingerprint density at radius 2 is 1.81 bits per heavy atom. The number of likely N-dealkylation sites (tertiary alicyclic amines) is 1. The molecule has 2 amide bonds. The van der Waals surface area contributed by atoms with E-state index in [2.05, 4.69) is 15.5 Å². The second-order valence-electron chi connectivity index (χ2n) is 7.63. The number of urea groups is 1. The summed E-state index contributed by atoms with van der Waals surface area (Å²) < 4.78 is 5.78. The van der Waals surface area contributed by atoms with Crippen molar-refractivity contribution in [1.82, 2.24) is 10.2 Å². The van der Waals surface area contributed by atoms with Gasteiger partial charge in [-0.05, 0) is 70.5 Å². The number of carbonyl (C=O) groups is 2. The van der Waals surface area contributed by atoms with Gasteiger partial charge < -0.3 is 20.5 Å². The molecule has 27 heavy (non-hydrogen) atoms. The van der Waals surface area contributed by atoms with Crippen molar-refractivity contribution in [2.45, 2.75) is 51.5 Å². The van der Waals surface area contributed by atoms with Gasteiger partial charge in [0.25, 0.3) is 0 Å². The predicted octanol–water partition coefficient (Wildman–Crippen LogP) is 3.32. The molecular formula is C20H31N3O4. The monoisotopic (exact) mass is 377 g/mol. The number of amides is 2. The summed E-state index contributed by atoms with van der Waals surface area (Å²) >= 11 is 0. The Bertz CT molecular complexity index is 610. The Labute approximate surface area is 161 Å². The minimum Gasteiger partial charge on any atom is -0.492 e. The van der Waals surface area contributed by atoms with Gasteiger partial charge in [0.05, 0.1) is 0 Å². The van der Waals surface area contributed by atoms with E-state index in [9.17, 15) is 9.59 Å². The van der Waals surface area contributed by atoms with E-state index in [4.69, 9.17) is 9.84 Å². The first kappa shape index (κ1) is 21.0. The number of ether oxygens (including phenoxy) is 1. The van der Waals surface area contributed by atoms with Gasteiger partial charge in [-0.1, -0.05) is 6.42 Å². The van der Waals surface area contributed by atoms with Crippen molar-refractivity contribution < 1.29 is 19.4 Å². The van der Waals surface area contributed by atoms with Gasteiger partial charge in [0, 0.05) is 24.2 Å².